The summed E-state index contributed by atoms with van der Waals surface area (Å²) in [7, 11) is 0. The van der Waals surface area contributed by atoms with Crippen LogP contribution in [0.15, 0.2) is 0 Å². The Labute approximate surface area is 65.1 Å². The molecule has 2 fully saturated rings. The summed E-state index contributed by atoms with van der Waals surface area (Å²) in [6, 6.07) is 0.378. The summed E-state index contributed by atoms with van der Waals surface area (Å²) in [5.74, 6) is 0.145. The first-order chi connectivity index (χ1) is 4.80. The van der Waals surface area contributed by atoms with E-state index in [1.165, 1.54) is 6.42 Å². The molecule has 0 aromatic heterocycles. The van der Waals surface area contributed by atoms with E-state index in [2.05, 4.69) is 0 Å². The minimum absolute atomic E-state index is 0.145. The van der Waals surface area contributed by atoms with E-state index in [1.807, 2.05) is 4.90 Å². The fourth-order valence-electron chi connectivity index (χ4n) is 1.78. The maximum Gasteiger partial charge on any atom is 0.243 e. The SMILES string of the molecule is O=C1[C@H](Cl)[C@H]2CCCCN12. The Kier molecular flexibility index (Phi) is 1.37. The van der Waals surface area contributed by atoms with Gasteiger partial charge in [0.25, 0.3) is 0 Å². The van der Waals surface area contributed by atoms with Gasteiger partial charge in [0.05, 0.1) is 6.04 Å². The average molecular weight is 160 g/mol. The van der Waals surface area contributed by atoms with Gasteiger partial charge in [0.15, 0.2) is 0 Å². The zero-order chi connectivity index (χ0) is 7.14. The summed E-state index contributed by atoms with van der Waals surface area (Å²) < 4.78 is 0. The molecular weight excluding hydrogens is 150 g/mol. The molecule has 0 aromatic rings. The Balaban J connectivity index is 2.06. The Bertz CT molecular complexity index is 171. The lowest BCUT2D eigenvalue weighted by Crippen LogP contribution is -2.63. The van der Waals surface area contributed by atoms with Gasteiger partial charge in [-0.3, -0.25) is 4.79 Å². The Morgan fingerprint density at radius 2 is 2.30 bits per heavy atom. The lowest BCUT2D eigenvalue weighted by Gasteiger charge is -2.47. The van der Waals surface area contributed by atoms with Crippen LogP contribution < -0.4 is 0 Å². The highest BCUT2D eigenvalue weighted by molar-refractivity contribution is 6.33. The molecule has 2 aliphatic rings. The van der Waals surface area contributed by atoms with Crippen LogP contribution in [0.3, 0.4) is 0 Å². The number of β-lactam (4-membered cyclic amide) rings is 1. The molecule has 2 saturated heterocycles. The van der Waals surface area contributed by atoms with Crippen LogP contribution in [0.1, 0.15) is 19.3 Å². The smallest absolute Gasteiger partial charge is 0.243 e. The number of hydrogen-bond donors (Lipinski definition) is 0. The standard InChI is InChI=1S/C7H10ClNO/c8-6-5-3-1-2-4-9(5)7(6)10/h5-6H,1-4H2/t5-,6-/m1/s1. The zero-order valence-corrected chi connectivity index (χ0v) is 6.47. The van der Waals surface area contributed by atoms with E-state index in [4.69, 9.17) is 11.6 Å². The van der Waals surface area contributed by atoms with Crippen molar-refractivity contribution in [3.05, 3.63) is 0 Å². The molecule has 1 amide bonds. The number of amides is 1. The molecule has 0 aliphatic carbocycles. The highest BCUT2D eigenvalue weighted by atomic mass is 35.5. The van der Waals surface area contributed by atoms with Crippen LogP contribution in [0, 0.1) is 0 Å². The van der Waals surface area contributed by atoms with Gasteiger partial charge in [-0.25, -0.2) is 0 Å². The third kappa shape index (κ3) is 0.685. The number of hydrogen-bond acceptors (Lipinski definition) is 1. The first-order valence-corrected chi connectivity index (χ1v) is 4.19. The van der Waals surface area contributed by atoms with Gasteiger partial charge in [-0.1, -0.05) is 0 Å². The van der Waals surface area contributed by atoms with Crippen molar-refractivity contribution >= 4 is 17.5 Å². The molecule has 2 aliphatic heterocycles. The number of carbonyl (C=O) groups is 1. The highest BCUT2D eigenvalue weighted by Crippen LogP contribution is 2.32. The topological polar surface area (TPSA) is 20.3 Å². The predicted octanol–water partition coefficient (Wildman–Crippen LogP) is 0.989. The van der Waals surface area contributed by atoms with Gasteiger partial charge >= 0.3 is 0 Å². The van der Waals surface area contributed by atoms with Gasteiger partial charge in [-0.05, 0) is 19.3 Å². The molecule has 0 spiro atoms. The molecule has 3 heteroatoms. The lowest BCUT2D eigenvalue weighted by molar-refractivity contribution is -0.147. The quantitative estimate of drug-likeness (QED) is 0.381. The second-order valence-corrected chi connectivity index (χ2v) is 3.47. The number of piperidine rings is 1. The molecule has 2 nitrogen and oxygen atoms in total. The Morgan fingerprint density at radius 1 is 1.50 bits per heavy atom. The van der Waals surface area contributed by atoms with E-state index in [0.717, 1.165) is 19.4 Å². The molecule has 56 valence electrons. The van der Waals surface area contributed by atoms with Crippen LogP contribution in [-0.4, -0.2) is 28.8 Å². The van der Waals surface area contributed by atoms with Crippen molar-refractivity contribution in [3.8, 4) is 0 Å². The zero-order valence-electron chi connectivity index (χ0n) is 5.72. The number of carbonyl (C=O) groups excluding carboxylic acids is 1. The number of halogens is 1. The summed E-state index contributed by atoms with van der Waals surface area (Å²) in [6.45, 7) is 0.937. The summed E-state index contributed by atoms with van der Waals surface area (Å²) in [5, 5.41) is -0.194. The van der Waals surface area contributed by atoms with E-state index in [0.29, 0.717) is 6.04 Å². The molecule has 2 rings (SSSR count). The molecule has 0 N–H and O–H groups in total. The van der Waals surface area contributed by atoms with Gasteiger partial charge < -0.3 is 4.90 Å². The fourth-order valence-corrected chi connectivity index (χ4v) is 2.16. The van der Waals surface area contributed by atoms with Crippen molar-refractivity contribution in [3.63, 3.8) is 0 Å². The molecule has 2 atom stereocenters. The van der Waals surface area contributed by atoms with Gasteiger partial charge in [0.1, 0.15) is 5.38 Å². The van der Waals surface area contributed by atoms with Crippen LogP contribution >= 0.6 is 11.6 Å². The number of fused-ring (bicyclic) bond motifs is 1. The molecule has 0 saturated carbocycles. The second-order valence-electron chi connectivity index (χ2n) is 3.00. The van der Waals surface area contributed by atoms with Gasteiger partial charge in [-0.15, -0.1) is 11.6 Å². The van der Waals surface area contributed by atoms with Crippen LogP contribution in [0.5, 0.6) is 0 Å². The largest absolute Gasteiger partial charge is 0.336 e. The van der Waals surface area contributed by atoms with E-state index in [9.17, 15) is 4.79 Å². The van der Waals surface area contributed by atoms with Gasteiger partial charge in [0, 0.05) is 6.54 Å². The van der Waals surface area contributed by atoms with E-state index < -0.39 is 0 Å². The van der Waals surface area contributed by atoms with Gasteiger partial charge in [-0.2, -0.15) is 0 Å². The summed E-state index contributed by atoms with van der Waals surface area (Å²) in [6.07, 6.45) is 3.50. The van der Waals surface area contributed by atoms with Crippen molar-refractivity contribution in [2.24, 2.45) is 0 Å². The minimum atomic E-state index is -0.194. The molecule has 2 heterocycles. The third-order valence-electron chi connectivity index (χ3n) is 2.41. The Morgan fingerprint density at radius 3 is 3.00 bits per heavy atom. The average Bonchev–Trinajstić information content (AvgIpc) is 2.03. The monoisotopic (exact) mass is 159 g/mol. The molecule has 0 radical (unpaired) electrons. The van der Waals surface area contributed by atoms with Gasteiger partial charge in [0.2, 0.25) is 5.91 Å². The fraction of sp³-hybridized carbons (Fsp3) is 0.857. The molecule has 0 aromatic carbocycles. The summed E-state index contributed by atoms with van der Waals surface area (Å²) >= 11 is 5.78. The summed E-state index contributed by atoms with van der Waals surface area (Å²) in [4.78, 5) is 12.9. The van der Waals surface area contributed by atoms with Crippen LogP contribution in [0.4, 0.5) is 0 Å². The highest BCUT2D eigenvalue weighted by Gasteiger charge is 2.46. The molecular formula is C7H10ClNO. The molecule has 10 heavy (non-hydrogen) atoms. The first-order valence-electron chi connectivity index (χ1n) is 3.75. The maximum absolute atomic E-state index is 11.0. The third-order valence-corrected chi connectivity index (χ3v) is 2.88. The summed E-state index contributed by atoms with van der Waals surface area (Å²) in [5.41, 5.74) is 0. The van der Waals surface area contributed by atoms with Crippen molar-refractivity contribution in [2.45, 2.75) is 30.7 Å². The second kappa shape index (κ2) is 2.12. The number of nitrogens with zero attached hydrogens (tertiary/aromatic N) is 1. The van der Waals surface area contributed by atoms with Crippen LogP contribution in [0.2, 0.25) is 0 Å². The maximum atomic E-state index is 11.0. The predicted molar refractivity (Wildman–Crippen MR) is 39.0 cm³/mol. The van der Waals surface area contributed by atoms with E-state index >= 15 is 0 Å². The van der Waals surface area contributed by atoms with Crippen molar-refractivity contribution in [1.82, 2.24) is 4.90 Å². The van der Waals surface area contributed by atoms with Crippen LogP contribution in [0.25, 0.3) is 0 Å². The Hall–Kier alpha value is -0.240. The number of alkyl halides is 1. The van der Waals surface area contributed by atoms with Crippen molar-refractivity contribution in [1.29, 1.82) is 0 Å². The number of rotatable bonds is 0. The van der Waals surface area contributed by atoms with Crippen LogP contribution in [-0.2, 0) is 4.79 Å². The van der Waals surface area contributed by atoms with E-state index in [-0.39, 0.29) is 11.3 Å². The van der Waals surface area contributed by atoms with Crippen molar-refractivity contribution in [2.75, 3.05) is 6.54 Å². The van der Waals surface area contributed by atoms with E-state index in [1.54, 1.807) is 0 Å². The molecule has 0 bridgehead atoms. The normalized spacial score (nSPS) is 38.9. The lowest BCUT2D eigenvalue weighted by atomic mass is 9.91. The van der Waals surface area contributed by atoms with Crippen molar-refractivity contribution < 1.29 is 4.79 Å². The first kappa shape index (κ1) is 6.47. The molecule has 0 unspecified atom stereocenters. The minimum Gasteiger partial charge on any atom is -0.336 e.